The van der Waals surface area contributed by atoms with E-state index in [0.29, 0.717) is 11.0 Å². The lowest BCUT2D eigenvalue weighted by Gasteiger charge is -2.20. The molecule has 0 atom stereocenters. The van der Waals surface area contributed by atoms with Crippen molar-refractivity contribution in [1.29, 1.82) is 0 Å². The highest BCUT2D eigenvalue weighted by molar-refractivity contribution is 6.10. The first kappa shape index (κ1) is 21.2. The number of methoxy groups -OCH3 is 2. The van der Waals surface area contributed by atoms with Crippen LogP contribution in [0.4, 0.5) is 5.88 Å². The maximum atomic E-state index is 13.1. The van der Waals surface area contributed by atoms with Crippen molar-refractivity contribution < 1.29 is 27.9 Å². The summed E-state index contributed by atoms with van der Waals surface area (Å²) in [6, 6.07) is 5.14. The number of carbonyl (C=O) groups is 2. The molecule has 8 heteroatoms. The summed E-state index contributed by atoms with van der Waals surface area (Å²) < 4.78 is 21.1. The number of hydrogen-bond acceptors (Lipinski definition) is 8. The standard InChI is InChI=1S/C22H23NO7/c1-11-7-8-12-14(9-11)29-10-13(17(12)24)18-15(20(25)27-5)16(21(26)28-6)19(30-18)23-22(2,3)4/h7-10,23H,1-6H3. The topological polar surface area (TPSA) is 108 Å². The predicted molar refractivity (Wildman–Crippen MR) is 111 cm³/mol. The Morgan fingerprint density at radius 3 is 2.27 bits per heavy atom. The third-order valence-electron chi connectivity index (χ3n) is 4.35. The molecule has 1 aromatic carbocycles. The summed E-state index contributed by atoms with van der Waals surface area (Å²) in [5.41, 5.74) is 0.0179. The van der Waals surface area contributed by atoms with Crippen molar-refractivity contribution >= 4 is 28.8 Å². The second-order valence-corrected chi connectivity index (χ2v) is 7.85. The Bertz CT molecular complexity index is 1190. The van der Waals surface area contributed by atoms with Gasteiger partial charge in [0, 0.05) is 5.54 Å². The SMILES string of the molecule is COC(=O)c1c(NC(C)(C)C)oc(-c2coc3cc(C)ccc3c2=O)c1C(=O)OC. The van der Waals surface area contributed by atoms with Crippen LogP contribution in [0.1, 0.15) is 47.1 Å². The highest BCUT2D eigenvalue weighted by atomic mass is 16.5. The molecule has 0 saturated heterocycles. The molecular weight excluding hydrogens is 390 g/mol. The normalized spacial score (nSPS) is 11.4. The van der Waals surface area contributed by atoms with Crippen molar-refractivity contribution in [3.05, 3.63) is 51.4 Å². The first-order valence-corrected chi connectivity index (χ1v) is 9.21. The molecule has 0 aliphatic heterocycles. The number of benzene rings is 1. The lowest BCUT2D eigenvalue weighted by Crippen LogP contribution is -2.27. The van der Waals surface area contributed by atoms with Crippen LogP contribution in [0.3, 0.4) is 0 Å². The molecule has 1 N–H and O–H groups in total. The maximum absolute atomic E-state index is 13.1. The number of rotatable bonds is 4. The molecule has 0 aliphatic carbocycles. The first-order valence-electron chi connectivity index (χ1n) is 9.21. The van der Waals surface area contributed by atoms with Gasteiger partial charge in [0.1, 0.15) is 28.5 Å². The minimum atomic E-state index is -0.848. The highest BCUT2D eigenvalue weighted by Crippen LogP contribution is 2.36. The van der Waals surface area contributed by atoms with Gasteiger partial charge >= 0.3 is 11.9 Å². The Morgan fingerprint density at radius 2 is 1.67 bits per heavy atom. The van der Waals surface area contributed by atoms with Crippen LogP contribution >= 0.6 is 0 Å². The monoisotopic (exact) mass is 413 g/mol. The van der Waals surface area contributed by atoms with Gasteiger partial charge in [-0.05, 0) is 45.4 Å². The average molecular weight is 413 g/mol. The molecule has 0 saturated carbocycles. The van der Waals surface area contributed by atoms with Crippen molar-refractivity contribution in [2.75, 3.05) is 19.5 Å². The first-order chi connectivity index (χ1) is 14.1. The summed E-state index contributed by atoms with van der Waals surface area (Å²) >= 11 is 0. The van der Waals surface area contributed by atoms with Crippen molar-refractivity contribution in [1.82, 2.24) is 0 Å². The van der Waals surface area contributed by atoms with Crippen LogP contribution in [0.25, 0.3) is 22.3 Å². The second-order valence-electron chi connectivity index (χ2n) is 7.85. The van der Waals surface area contributed by atoms with Crippen molar-refractivity contribution in [3.63, 3.8) is 0 Å². The molecule has 0 radical (unpaired) electrons. The molecule has 0 fully saturated rings. The second kappa shape index (κ2) is 7.70. The van der Waals surface area contributed by atoms with E-state index in [0.717, 1.165) is 5.56 Å². The Labute approximate surface area is 172 Å². The maximum Gasteiger partial charge on any atom is 0.344 e. The van der Waals surface area contributed by atoms with Crippen LogP contribution in [0.5, 0.6) is 0 Å². The summed E-state index contributed by atoms with van der Waals surface area (Å²) in [7, 11) is 2.35. The van der Waals surface area contributed by atoms with Gasteiger partial charge in [-0.2, -0.15) is 0 Å². The minimum absolute atomic E-state index is 0.00634. The number of furan rings is 1. The summed E-state index contributed by atoms with van der Waals surface area (Å²) in [5.74, 6) is -1.80. The van der Waals surface area contributed by atoms with Crippen LogP contribution in [-0.4, -0.2) is 31.7 Å². The van der Waals surface area contributed by atoms with Gasteiger partial charge in [0.25, 0.3) is 0 Å². The number of anilines is 1. The zero-order valence-electron chi connectivity index (χ0n) is 17.7. The third kappa shape index (κ3) is 3.80. The van der Waals surface area contributed by atoms with E-state index in [1.54, 1.807) is 18.2 Å². The Hall–Kier alpha value is -3.55. The van der Waals surface area contributed by atoms with Gasteiger partial charge < -0.3 is 23.6 Å². The Kier molecular flexibility index (Phi) is 5.43. The van der Waals surface area contributed by atoms with Gasteiger partial charge in [-0.1, -0.05) is 6.07 Å². The number of carbonyl (C=O) groups excluding carboxylic acids is 2. The van der Waals surface area contributed by atoms with Crippen LogP contribution in [0.15, 0.2) is 38.1 Å². The van der Waals surface area contributed by atoms with E-state index in [9.17, 15) is 14.4 Å². The summed E-state index contributed by atoms with van der Waals surface area (Å²) in [6.45, 7) is 7.42. The number of nitrogens with one attached hydrogen (secondary N) is 1. The van der Waals surface area contributed by atoms with Gasteiger partial charge in [0.05, 0.1) is 19.6 Å². The van der Waals surface area contributed by atoms with Crippen LogP contribution in [0.2, 0.25) is 0 Å². The molecule has 158 valence electrons. The molecule has 0 unspecified atom stereocenters. The van der Waals surface area contributed by atoms with Crippen LogP contribution < -0.4 is 10.7 Å². The quantitative estimate of drug-likeness (QED) is 0.636. The molecular formula is C22H23NO7. The van der Waals surface area contributed by atoms with Crippen molar-refractivity contribution in [2.45, 2.75) is 33.2 Å². The zero-order valence-corrected chi connectivity index (χ0v) is 17.7. The summed E-state index contributed by atoms with van der Waals surface area (Å²) in [6.07, 6.45) is 1.21. The van der Waals surface area contributed by atoms with Crippen LogP contribution in [0, 0.1) is 6.92 Å². The zero-order chi connectivity index (χ0) is 22.2. The van der Waals surface area contributed by atoms with E-state index in [2.05, 4.69) is 5.32 Å². The molecule has 8 nitrogen and oxygen atoms in total. The lowest BCUT2D eigenvalue weighted by molar-refractivity contribution is 0.0558. The molecule has 2 heterocycles. The molecule has 0 bridgehead atoms. The molecule has 3 aromatic rings. The summed E-state index contributed by atoms with van der Waals surface area (Å²) in [5, 5.41) is 3.35. The minimum Gasteiger partial charge on any atom is -0.465 e. The number of ether oxygens (including phenoxy) is 2. The number of aryl methyl sites for hydroxylation is 1. The fourth-order valence-electron chi connectivity index (χ4n) is 3.04. The Balaban J connectivity index is 2.36. The van der Waals surface area contributed by atoms with Gasteiger partial charge in [-0.3, -0.25) is 4.79 Å². The van der Waals surface area contributed by atoms with E-state index in [4.69, 9.17) is 18.3 Å². The Morgan fingerprint density at radius 1 is 1.03 bits per heavy atom. The predicted octanol–water partition coefficient (Wildman–Crippen LogP) is 4.15. The van der Waals surface area contributed by atoms with Gasteiger partial charge in [0.15, 0.2) is 5.76 Å². The van der Waals surface area contributed by atoms with E-state index in [1.807, 2.05) is 27.7 Å². The van der Waals surface area contributed by atoms with Gasteiger partial charge in [-0.25, -0.2) is 9.59 Å². The van der Waals surface area contributed by atoms with E-state index < -0.39 is 22.9 Å². The third-order valence-corrected chi connectivity index (χ3v) is 4.35. The van der Waals surface area contributed by atoms with E-state index in [-0.39, 0.29) is 28.3 Å². The molecule has 0 spiro atoms. The molecule has 0 aliphatic rings. The lowest BCUT2D eigenvalue weighted by atomic mass is 10.0. The largest absolute Gasteiger partial charge is 0.465 e. The average Bonchev–Trinajstić information content (AvgIpc) is 3.03. The summed E-state index contributed by atoms with van der Waals surface area (Å²) in [4.78, 5) is 38.2. The highest BCUT2D eigenvalue weighted by Gasteiger charge is 2.35. The number of fused-ring (bicyclic) bond motifs is 1. The molecule has 2 aromatic heterocycles. The van der Waals surface area contributed by atoms with Crippen LogP contribution in [-0.2, 0) is 9.47 Å². The van der Waals surface area contributed by atoms with E-state index in [1.165, 1.54) is 20.5 Å². The van der Waals surface area contributed by atoms with Crippen molar-refractivity contribution in [2.24, 2.45) is 0 Å². The molecule has 30 heavy (non-hydrogen) atoms. The van der Waals surface area contributed by atoms with Crippen molar-refractivity contribution in [3.8, 4) is 11.3 Å². The van der Waals surface area contributed by atoms with Gasteiger partial charge in [0.2, 0.25) is 11.3 Å². The smallest absolute Gasteiger partial charge is 0.344 e. The van der Waals surface area contributed by atoms with E-state index >= 15 is 0 Å². The number of esters is 2. The molecule has 3 rings (SSSR count). The fourth-order valence-corrected chi connectivity index (χ4v) is 3.04. The number of hydrogen-bond donors (Lipinski definition) is 1. The molecule has 0 amide bonds. The van der Waals surface area contributed by atoms with Gasteiger partial charge in [-0.15, -0.1) is 0 Å². The fraction of sp³-hybridized carbons (Fsp3) is 0.318.